The van der Waals surface area contributed by atoms with Gasteiger partial charge in [-0.15, -0.1) is 0 Å². The third-order valence-electron chi connectivity index (χ3n) is 8.67. The Balaban J connectivity index is 0.000000507. The van der Waals surface area contributed by atoms with Gasteiger partial charge in [0.05, 0.1) is 31.5 Å². The Bertz CT molecular complexity index is 2700. The van der Waals surface area contributed by atoms with Gasteiger partial charge in [-0.1, -0.05) is 27.7 Å². The van der Waals surface area contributed by atoms with Crippen LogP contribution >= 0.6 is 0 Å². The zero-order valence-electron chi connectivity index (χ0n) is 47.6. The minimum Gasteiger partial charge on any atom is -0.460 e. The van der Waals surface area contributed by atoms with Gasteiger partial charge < -0.3 is 69.5 Å². The van der Waals surface area contributed by atoms with Crippen LogP contribution in [0.1, 0.15) is 190 Å². The molecule has 0 radical (unpaired) electrons. The molecule has 0 aliphatic carbocycles. The fourth-order valence-electron chi connectivity index (χ4n) is 5.14. The van der Waals surface area contributed by atoms with Crippen LogP contribution in [0.5, 0.6) is 0 Å². The summed E-state index contributed by atoms with van der Waals surface area (Å²) in [5.74, 6) is -1.35. The summed E-state index contributed by atoms with van der Waals surface area (Å²) in [4.78, 5) is 110. The van der Waals surface area contributed by atoms with E-state index in [-0.39, 0.29) is 92.1 Å². The molecule has 5 heterocycles. The summed E-state index contributed by atoms with van der Waals surface area (Å²) in [6, 6.07) is 15.3. The molecule has 0 bridgehead atoms. The Hall–Kier alpha value is -8.90. The Morgan fingerprint density at radius 2 is 0.642 bits per heavy atom. The Morgan fingerprint density at radius 1 is 0.383 bits per heavy atom. The monoisotopic (exact) mass is 1140 g/mol. The fourth-order valence-corrected chi connectivity index (χ4v) is 5.14. The summed E-state index contributed by atoms with van der Waals surface area (Å²) in [6.07, 6.45) is 1.54. The molecule has 446 valence electrons. The van der Waals surface area contributed by atoms with Gasteiger partial charge >= 0.3 is 53.7 Å². The lowest BCUT2D eigenvalue weighted by Crippen LogP contribution is -2.10. The SMILES string of the molecule is CC(=O)OCc1ccc(C(=O)OC(C)C)o1.CC(C)OC(=O)c1ccc(COC=O)o1.CCC(=O)OCc1ccc(C(=O)OC(C)C)o1.CCCOC(=O)c1ccc(COC(=O)CC)o1.CCCOC(=O)c1ccc(COC(C)=O)o1. The highest BCUT2D eigenvalue weighted by Crippen LogP contribution is 2.16. The van der Waals surface area contributed by atoms with Gasteiger partial charge in [0.25, 0.3) is 6.47 Å². The maximum atomic E-state index is 11.4. The lowest BCUT2D eigenvalue weighted by atomic mass is 10.4. The van der Waals surface area contributed by atoms with E-state index >= 15 is 0 Å². The molecule has 0 N–H and O–H groups in total. The topological polar surface area (TPSA) is 329 Å². The first kappa shape index (κ1) is 70.1. The van der Waals surface area contributed by atoms with E-state index in [0.717, 1.165) is 12.8 Å². The molecule has 0 aliphatic heterocycles. The molecule has 81 heavy (non-hydrogen) atoms. The molecular weight excluding hydrogens is 1070 g/mol. The highest BCUT2D eigenvalue weighted by molar-refractivity contribution is 5.88. The molecule has 0 saturated carbocycles. The van der Waals surface area contributed by atoms with Gasteiger partial charge in [0.2, 0.25) is 28.8 Å². The van der Waals surface area contributed by atoms with Gasteiger partial charge in [-0.25, -0.2) is 24.0 Å². The molecule has 5 aromatic heterocycles. The van der Waals surface area contributed by atoms with Gasteiger partial charge in [0.1, 0.15) is 61.8 Å². The Labute approximate surface area is 468 Å². The number of rotatable bonds is 25. The van der Waals surface area contributed by atoms with Crippen LogP contribution in [-0.2, 0) is 104 Å². The van der Waals surface area contributed by atoms with E-state index in [0.29, 0.717) is 61.3 Å². The van der Waals surface area contributed by atoms with Crippen LogP contribution in [0.15, 0.2) is 82.7 Å². The molecule has 25 heteroatoms. The van der Waals surface area contributed by atoms with E-state index in [1.54, 1.807) is 85.7 Å². The Morgan fingerprint density at radius 3 is 0.877 bits per heavy atom. The van der Waals surface area contributed by atoms with Gasteiger partial charge in [-0.3, -0.25) is 24.0 Å². The summed E-state index contributed by atoms with van der Waals surface area (Å²) in [6.45, 7) is 21.5. The molecule has 5 aromatic rings. The second kappa shape index (κ2) is 39.5. The van der Waals surface area contributed by atoms with Crippen molar-refractivity contribution < 1.29 is 117 Å². The van der Waals surface area contributed by atoms with Gasteiger partial charge in [-0.05, 0) is 115 Å². The second-order valence-electron chi connectivity index (χ2n) is 17.0. The van der Waals surface area contributed by atoms with E-state index in [1.165, 1.54) is 44.2 Å². The van der Waals surface area contributed by atoms with Gasteiger partial charge in [0, 0.05) is 26.7 Å². The van der Waals surface area contributed by atoms with Gasteiger partial charge in [-0.2, -0.15) is 0 Å². The predicted molar refractivity (Wildman–Crippen MR) is 278 cm³/mol. The van der Waals surface area contributed by atoms with Crippen molar-refractivity contribution in [1.29, 1.82) is 0 Å². The van der Waals surface area contributed by atoms with Crippen molar-refractivity contribution in [2.75, 3.05) is 13.2 Å². The first-order chi connectivity index (χ1) is 38.4. The standard InChI is InChI=1S/2C12H16O5.2C11H14O5.C10H12O5/c1-4-11(13)15-7-9-5-6-10(17-9)12(14)16-8(2)3;1-3-7-15-12(14)10-6-5-9(17-10)8-16-11(13)4-2;1-7(2)15-11(13)10-5-4-9(16-10)6-14-8(3)12;1-3-6-14-11(13)10-5-4-9(16-10)7-15-8(2)12;1-7(2)14-10(12)9-4-3-8(15-9)5-13-6-11/h5-6,8H,4,7H2,1-3H3;5-6H,3-4,7-8H2,1-2H3;4-5,7H,6H2,1-3H3;4-5H,3,6-7H2,1-2H3;3-4,6-7H,5H2,1-2H3. The molecule has 0 aromatic carbocycles. The average Bonchev–Trinajstić information content (AvgIpc) is 4.32. The van der Waals surface area contributed by atoms with E-state index in [2.05, 4.69) is 4.74 Å². The number of hydrogen-bond donors (Lipinski definition) is 0. The van der Waals surface area contributed by atoms with Gasteiger partial charge in [0.15, 0.2) is 0 Å². The number of ether oxygens (including phenoxy) is 10. The van der Waals surface area contributed by atoms with Crippen molar-refractivity contribution in [2.24, 2.45) is 0 Å². The minimum absolute atomic E-state index is 0.0124. The summed E-state index contributed by atoms with van der Waals surface area (Å²) in [5, 5.41) is 0. The number of carbonyl (C=O) groups is 10. The van der Waals surface area contributed by atoms with E-state index < -0.39 is 41.8 Å². The maximum Gasteiger partial charge on any atom is 0.374 e. The average molecular weight is 1150 g/mol. The number of esters is 9. The number of hydrogen-bond acceptors (Lipinski definition) is 25. The lowest BCUT2D eigenvalue weighted by Gasteiger charge is -2.05. The molecule has 5 rings (SSSR count). The largest absolute Gasteiger partial charge is 0.460 e. The molecule has 25 nitrogen and oxygen atoms in total. The molecule has 0 atom stereocenters. The summed E-state index contributed by atoms with van der Waals surface area (Å²) in [7, 11) is 0. The first-order valence-corrected chi connectivity index (χ1v) is 25.5. The zero-order valence-corrected chi connectivity index (χ0v) is 47.6. The zero-order chi connectivity index (χ0) is 60.9. The molecule has 0 unspecified atom stereocenters. The van der Waals surface area contributed by atoms with Crippen LogP contribution in [-0.4, -0.2) is 91.7 Å². The second-order valence-corrected chi connectivity index (χ2v) is 17.0. The van der Waals surface area contributed by atoms with Crippen LogP contribution in [0.2, 0.25) is 0 Å². The highest BCUT2D eigenvalue weighted by atomic mass is 16.6. The third kappa shape index (κ3) is 31.3. The normalized spacial score (nSPS) is 10.1. The third-order valence-corrected chi connectivity index (χ3v) is 8.67. The van der Waals surface area contributed by atoms with E-state index in [1.807, 2.05) is 13.8 Å². The van der Waals surface area contributed by atoms with E-state index in [4.69, 9.17) is 64.7 Å². The number of carbonyl (C=O) groups excluding carboxylic acids is 10. The Kier molecular flexibility index (Phi) is 34.2. The quantitative estimate of drug-likeness (QED) is 0.0298. The molecule has 0 spiro atoms. The number of furan rings is 5. The van der Waals surface area contributed by atoms with Crippen molar-refractivity contribution in [3.63, 3.8) is 0 Å². The van der Waals surface area contributed by atoms with Crippen LogP contribution in [0.4, 0.5) is 0 Å². The highest BCUT2D eigenvalue weighted by Gasteiger charge is 2.18. The van der Waals surface area contributed by atoms with Crippen LogP contribution in [0.3, 0.4) is 0 Å². The minimum atomic E-state index is -0.526. The van der Waals surface area contributed by atoms with Crippen LogP contribution in [0.25, 0.3) is 0 Å². The fraction of sp³-hybridized carbons (Fsp3) is 0.464. The summed E-state index contributed by atoms with van der Waals surface area (Å²) >= 11 is 0. The van der Waals surface area contributed by atoms with E-state index in [9.17, 15) is 47.9 Å². The van der Waals surface area contributed by atoms with Crippen molar-refractivity contribution >= 4 is 60.2 Å². The smallest absolute Gasteiger partial charge is 0.374 e. The molecule has 0 saturated heterocycles. The first-order valence-electron chi connectivity index (χ1n) is 25.5. The van der Waals surface area contributed by atoms with Crippen LogP contribution in [0, 0.1) is 0 Å². The molecule has 0 fully saturated rings. The van der Waals surface area contributed by atoms with Crippen molar-refractivity contribution in [3.05, 3.63) is 118 Å². The molecule has 0 amide bonds. The van der Waals surface area contributed by atoms with Crippen molar-refractivity contribution in [2.45, 2.75) is 160 Å². The van der Waals surface area contributed by atoms with Crippen molar-refractivity contribution in [1.82, 2.24) is 0 Å². The lowest BCUT2D eigenvalue weighted by molar-refractivity contribution is -0.145. The summed E-state index contributed by atoms with van der Waals surface area (Å²) < 4.78 is 74.0. The molecule has 0 aliphatic rings. The maximum absolute atomic E-state index is 11.4. The van der Waals surface area contributed by atoms with Crippen LogP contribution < -0.4 is 0 Å². The van der Waals surface area contributed by atoms with Crippen molar-refractivity contribution in [3.8, 4) is 0 Å². The predicted octanol–water partition coefficient (Wildman–Crippen LogP) is 9.93. The summed E-state index contributed by atoms with van der Waals surface area (Å²) in [5.41, 5.74) is 0. The molecular formula is C56H72O25.